The molecule has 1 heterocycles. The van der Waals surface area contributed by atoms with Crippen LogP contribution in [0.5, 0.6) is 0 Å². The number of hydrogen-bond acceptors (Lipinski definition) is 3. The Morgan fingerprint density at radius 2 is 2.15 bits per heavy atom. The van der Waals surface area contributed by atoms with Crippen molar-refractivity contribution in [3.63, 3.8) is 0 Å². The molecular formula is C15H15ClN2O2. The van der Waals surface area contributed by atoms with E-state index in [1.807, 2.05) is 12.1 Å². The van der Waals surface area contributed by atoms with Gasteiger partial charge in [0.1, 0.15) is 5.76 Å². The number of para-hydroxylation sites is 1. The maximum atomic E-state index is 12.7. The Hall–Kier alpha value is -1.94. The number of furan rings is 1. The zero-order valence-corrected chi connectivity index (χ0v) is 11.6. The van der Waals surface area contributed by atoms with Crippen molar-refractivity contribution in [1.82, 2.24) is 4.90 Å². The molecule has 1 aliphatic rings. The Balaban J connectivity index is 1.87. The molecule has 104 valence electrons. The van der Waals surface area contributed by atoms with E-state index >= 15 is 0 Å². The minimum Gasteiger partial charge on any atom is -0.467 e. The molecule has 0 aliphatic heterocycles. The highest BCUT2D eigenvalue weighted by Crippen LogP contribution is 2.32. The van der Waals surface area contributed by atoms with E-state index in [0.29, 0.717) is 22.8 Å². The van der Waals surface area contributed by atoms with Gasteiger partial charge >= 0.3 is 0 Å². The minimum absolute atomic E-state index is 0.0936. The largest absolute Gasteiger partial charge is 0.467 e. The Morgan fingerprint density at radius 1 is 1.35 bits per heavy atom. The van der Waals surface area contributed by atoms with Crippen LogP contribution in [0.4, 0.5) is 5.69 Å². The lowest BCUT2D eigenvalue weighted by molar-refractivity contribution is 0.0718. The van der Waals surface area contributed by atoms with Crippen LogP contribution in [0.25, 0.3) is 0 Å². The van der Waals surface area contributed by atoms with E-state index in [4.69, 9.17) is 21.8 Å². The molecule has 20 heavy (non-hydrogen) atoms. The Bertz CT molecular complexity index is 621. The summed E-state index contributed by atoms with van der Waals surface area (Å²) in [5, 5.41) is 0.407. The van der Waals surface area contributed by atoms with Crippen LogP contribution in [-0.4, -0.2) is 16.8 Å². The van der Waals surface area contributed by atoms with Crippen LogP contribution in [-0.2, 0) is 6.54 Å². The number of rotatable bonds is 4. The lowest BCUT2D eigenvalue weighted by Gasteiger charge is -2.22. The van der Waals surface area contributed by atoms with Crippen LogP contribution in [0.2, 0.25) is 5.02 Å². The van der Waals surface area contributed by atoms with Crippen LogP contribution >= 0.6 is 11.6 Å². The van der Waals surface area contributed by atoms with Crippen molar-refractivity contribution in [3.8, 4) is 0 Å². The molecule has 2 N–H and O–H groups in total. The fraction of sp³-hybridized carbons (Fsp3) is 0.267. The summed E-state index contributed by atoms with van der Waals surface area (Å²) in [5.41, 5.74) is 6.70. The van der Waals surface area contributed by atoms with E-state index in [9.17, 15) is 4.79 Å². The number of nitrogens with zero attached hydrogens (tertiary/aromatic N) is 1. The quantitative estimate of drug-likeness (QED) is 0.879. The maximum absolute atomic E-state index is 12.7. The second kappa shape index (κ2) is 5.21. The third-order valence-electron chi connectivity index (χ3n) is 3.44. The number of anilines is 1. The Labute approximate surface area is 122 Å². The molecule has 1 aromatic heterocycles. The van der Waals surface area contributed by atoms with E-state index in [2.05, 4.69) is 0 Å². The third-order valence-corrected chi connectivity index (χ3v) is 3.77. The van der Waals surface area contributed by atoms with Crippen LogP contribution < -0.4 is 5.73 Å². The average Bonchev–Trinajstić information content (AvgIpc) is 3.15. The highest BCUT2D eigenvalue weighted by molar-refractivity contribution is 6.33. The molecule has 1 amide bonds. The molecule has 2 aromatic rings. The number of hydrogen-bond donors (Lipinski definition) is 1. The van der Waals surface area contributed by atoms with Crippen molar-refractivity contribution < 1.29 is 9.21 Å². The van der Waals surface area contributed by atoms with Gasteiger partial charge in [-0.15, -0.1) is 0 Å². The van der Waals surface area contributed by atoms with Gasteiger partial charge in [0.25, 0.3) is 5.91 Å². The summed E-state index contributed by atoms with van der Waals surface area (Å²) in [6.07, 6.45) is 3.65. The summed E-state index contributed by atoms with van der Waals surface area (Å²) in [6, 6.07) is 9.08. The van der Waals surface area contributed by atoms with Crippen molar-refractivity contribution in [2.75, 3.05) is 5.73 Å². The highest BCUT2D eigenvalue weighted by Gasteiger charge is 2.34. The van der Waals surface area contributed by atoms with Gasteiger partial charge in [0.05, 0.1) is 29.1 Å². The standard InChI is InChI=1S/C15H15ClN2O2/c16-13-5-1-4-12(14(13)17)15(19)18(10-6-7-10)9-11-3-2-8-20-11/h1-5,8,10H,6-7,9,17H2. The number of nitrogen functional groups attached to an aromatic ring is 1. The zero-order chi connectivity index (χ0) is 14.1. The van der Waals surface area contributed by atoms with Gasteiger partial charge < -0.3 is 15.1 Å². The molecule has 0 spiro atoms. The normalized spacial score (nSPS) is 14.2. The first-order chi connectivity index (χ1) is 9.66. The topological polar surface area (TPSA) is 59.5 Å². The number of halogens is 1. The number of benzene rings is 1. The number of amides is 1. The monoisotopic (exact) mass is 290 g/mol. The van der Waals surface area contributed by atoms with E-state index in [0.717, 1.165) is 18.6 Å². The Kier molecular flexibility index (Phi) is 3.40. The van der Waals surface area contributed by atoms with Gasteiger partial charge in [0.15, 0.2) is 0 Å². The second-order valence-electron chi connectivity index (χ2n) is 4.94. The Morgan fingerprint density at radius 3 is 2.80 bits per heavy atom. The summed E-state index contributed by atoms with van der Waals surface area (Å²) in [7, 11) is 0. The summed E-state index contributed by atoms with van der Waals surface area (Å²) < 4.78 is 5.33. The van der Waals surface area contributed by atoms with Crippen molar-refractivity contribution in [2.45, 2.75) is 25.4 Å². The minimum atomic E-state index is -0.0936. The van der Waals surface area contributed by atoms with Gasteiger partial charge in [-0.2, -0.15) is 0 Å². The van der Waals surface area contributed by atoms with Crippen LogP contribution in [0.1, 0.15) is 29.0 Å². The predicted molar refractivity (Wildman–Crippen MR) is 77.5 cm³/mol. The molecule has 0 atom stereocenters. The predicted octanol–water partition coefficient (Wildman–Crippen LogP) is 3.32. The smallest absolute Gasteiger partial charge is 0.256 e. The fourth-order valence-corrected chi connectivity index (χ4v) is 2.38. The molecular weight excluding hydrogens is 276 g/mol. The van der Waals surface area contributed by atoms with Crippen molar-refractivity contribution in [2.24, 2.45) is 0 Å². The summed E-state index contributed by atoms with van der Waals surface area (Å²) in [5.74, 6) is 0.676. The first-order valence-electron chi connectivity index (χ1n) is 6.54. The zero-order valence-electron chi connectivity index (χ0n) is 10.9. The molecule has 1 aromatic carbocycles. The number of carbonyl (C=O) groups excluding carboxylic acids is 1. The maximum Gasteiger partial charge on any atom is 0.256 e. The molecule has 3 rings (SSSR count). The van der Waals surface area contributed by atoms with Gasteiger partial charge in [-0.3, -0.25) is 4.79 Å². The summed E-state index contributed by atoms with van der Waals surface area (Å²) in [4.78, 5) is 14.5. The van der Waals surface area contributed by atoms with Gasteiger partial charge in [-0.1, -0.05) is 17.7 Å². The third kappa shape index (κ3) is 2.51. The number of carbonyl (C=O) groups is 1. The van der Waals surface area contributed by atoms with Gasteiger partial charge in [-0.05, 0) is 37.1 Å². The van der Waals surface area contributed by atoms with E-state index in [1.54, 1.807) is 29.4 Å². The summed E-state index contributed by atoms with van der Waals surface area (Å²) in [6.45, 7) is 0.461. The second-order valence-corrected chi connectivity index (χ2v) is 5.35. The van der Waals surface area contributed by atoms with Crippen molar-refractivity contribution >= 4 is 23.2 Å². The molecule has 4 nitrogen and oxygen atoms in total. The molecule has 5 heteroatoms. The molecule has 1 fully saturated rings. The molecule has 0 unspecified atom stereocenters. The molecule has 0 radical (unpaired) electrons. The molecule has 0 bridgehead atoms. The lowest BCUT2D eigenvalue weighted by Crippen LogP contribution is -2.33. The lowest BCUT2D eigenvalue weighted by atomic mass is 10.1. The van der Waals surface area contributed by atoms with Gasteiger partial charge in [-0.25, -0.2) is 0 Å². The highest BCUT2D eigenvalue weighted by atomic mass is 35.5. The van der Waals surface area contributed by atoms with Crippen molar-refractivity contribution in [1.29, 1.82) is 0 Å². The number of nitrogens with two attached hydrogens (primary N) is 1. The molecule has 1 saturated carbocycles. The molecule has 1 aliphatic carbocycles. The van der Waals surface area contributed by atoms with Crippen LogP contribution in [0.3, 0.4) is 0 Å². The van der Waals surface area contributed by atoms with Gasteiger partial charge in [0, 0.05) is 6.04 Å². The average molecular weight is 291 g/mol. The van der Waals surface area contributed by atoms with Crippen LogP contribution in [0.15, 0.2) is 41.0 Å². The van der Waals surface area contributed by atoms with Crippen LogP contribution in [0, 0.1) is 0 Å². The summed E-state index contributed by atoms with van der Waals surface area (Å²) >= 11 is 5.99. The van der Waals surface area contributed by atoms with Gasteiger partial charge in [0.2, 0.25) is 0 Å². The van der Waals surface area contributed by atoms with Crippen molar-refractivity contribution in [3.05, 3.63) is 52.9 Å². The van der Waals surface area contributed by atoms with E-state index in [-0.39, 0.29) is 11.9 Å². The van der Waals surface area contributed by atoms with E-state index in [1.165, 1.54) is 0 Å². The SMILES string of the molecule is Nc1c(Cl)cccc1C(=O)N(Cc1ccco1)C1CC1. The van der Waals surface area contributed by atoms with E-state index < -0.39 is 0 Å². The first-order valence-corrected chi connectivity index (χ1v) is 6.92. The first kappa shape index (κ1) is 13.1. The molecule has 0 saturated heterocycles. The fourth-order valence-electron chi connectivity index (χ4n) is 2.20.